The van der Waals surface area contributed by atoms with E-state index in [-0.39, 0.29) is 18.2 Å². The van der Waals surface area contributed by atoms with Crippen LogP contribution in [0.3, 0.4) is 0 Å². The largest absolute Gasteiger partial charge is 0.326 e. The highest BCUT2D eigenvalue weighted by Gasteiger charge is 2.37. The summed E-state index contributed by atoms with van der Waals surface area (Å²) in [5.41, 5.74) is 3.71. The molecule has 0 bridgehead atoms. The van der Waals surface area contributed by atoms with Crippen molar-refractivity contribution >= 4 is 50.2 Å². The maximum absolute atomic E-state index is 12.7. The summed E-state index contributed by atoms with van der Waals surface area (Å²) in [5, 5.41) is 11.1. The van der Waals surface area contributed by atoms with Crippen molar-refractivity contribution in [2.24, 2.45) is 5.92 Å². The summed E-state index contributed by atoms with van der Waals surface area (Å²) >= 11 is 3.43. The number of hydrogen-bond donors (Lipinski definition) is 2. The van der Waals surface area contributed by atoms with Crippen LogP contribution >= 0.6 is 15.9 Å². The molecule has 1 fully saturated rings. The number of aromatic amines is 1. The van der Waals surface area contributed by atoms with E-state index in [9.17, 15) is 9.59 Å². The second kappa shape index (κ2) is 6.81. The lowest BCUT2D eigenvalue weighted by atomic mass is 10.1. The van der Waals surface area contributed by atoms with E-state index in [1.54, 1.807) is 4.90 Å². The highest BCUT2D eigenvalue weighted by molar-refractivity contribution is 9.10. The smallest absolute Gasteiger partial charge is 0.229 e. The first-order valence-corrected chi connectivity index (χ1v) is 9.54. The number of fused-ring (bicyclic) bond motifs is 1. The Labute approximate surface area is 165 Å². The van der Waals surface area contributed by atoms with Crippen molar-refractivity contribution in [3.8, 4) is 0 Å². The third-order valence-electron chi connectivity index (χ3n) is 4.91. The van der Waals surface area contributed by atoms with Gasteiger partial charge in [-0.15, -0.1) is 0 Å². The van der Waals surface area contributed by atoms with Gasteiger partial charge in [-0.05, 0) is 49.2 Å². The van der Waals surface area contributed by atoms with Crippen LogP contribution in [0.15, 0.2) is 40.9 Å². The molecule has 1 unspecified atom stereocenters. The standard InChI is InChI=1S/C20H19BrN4O2/c1-11-3-4-12(2)16(7-11)22-20(27)13-8-18(26)25(10-13)19-15-6-5-14(21)9-17(15)23-24-19/h3-7,9,13H,8,10H2,1-2H3,(H,22,27)(H,23,24). The molecule has 0 aliphatic carbocycles. The SMILES string of the molecule is Cc1ccc(C)c(NC(=O)C2CC(=O)N(c3n[nH]c4cc(Br)ccc34)C2)c1. The summed E-state index contributed by atoms with van der Waals surface area (Å²) in [6.45, 7) is 4.26. The average molecular weight is 427 g/mol. The molecule has 4 rings (SSSR count). The van der Waals surface area contributed by atoms with Gasteiger partial charge < -0.3 is 5.32 Å². The van der Waals surface area contributed by atoms with E-state index in [1.807, 2.05) is 50.2 Å². The molecule has 2 N–H and O–H groups in total. The van der Waals surface area contributed by atoms with Crippen LogP contribution < -0.4 is 10.2 Å². The zero-order chi connectivity index (χ0) is 19.1. The zero-order valence-corrected chi connectivity index (χ0v) is 16.6. The van der Waals surface area contributed by atoms with E-state index >= 15 is 0 Å². The molecule has 1 aliphatic heterocycles. The van der Waals surface area contributed by atoms with Crippen molar-refractivity contribution in [3.63, 3.8) is 0 Å². The fourth-order valence-corrected chi connectivity index (χ4v) is 3.74. The van der Waals surface area contributed by atoms with E-state index in [0.717, 1.165) is 32.2 Å². The molecule has 138 valence electrons. The van der Waals surface area contributed by atoms with Gasteiger partial charge in [-0.2, -0.15) is 5.10 Å². The van der Waals surface area contributed by atoms with Gasteiger partial charge in [0.2, 0.25) is 11.8 Å². The lowest BCUT2D eigenvalue weighted by Crippen LogP contribution is -2.28. The Morgan fingerprint density at radius 2 is 2.07 bits per heavy atom. The number of benzene rings is 2. The number of aromatic nitrogens is 2. The summed E-state index contributed by atoms with van der Waals surface area (Å²) in [6, 6.07) is 11.7. The van der Waals surface area contributed by atoms with Gasteiger partial charge in [0, 0.05) is 28.5 Å². The third kappa shape index (κ3) is 3.35. The summed E-state index contributed by atoms with van der Waals surface area (Å²) in [6.07, 6.45) is 0.182. The normalized spacial score (nSPS) is 16.9. The van der Waals surface area contributed by atoms with Crippen LogP contribution in [-0.4, -0.2) is 28.6 Å². The monoisotopic (exact) mass is 426 g/mol. The third-order valence-corrected chi connectivity index (χ3v) is 5.40. The van der Waals surface area contributed by atoms with Crippen molar-refractivity contribution < 1.29 is 9.59 Å². The van der Waals surface area contributed by atoms with Crippen molar-refractivity contribution in [3.05, 3.63) is 52.0 Å². The van der Waals surface area contributed by atoms with Gasteiger partial charge in [-0.25, -0.2) is 0 Å². The minimum Gasteiger partial charge on any atom is -0.326 e. The Bertz CT molecular complexity index is 1060. The molecule has 0 spiro atoms. The summed E-state index contributed by atoms with van der Waals surface area (Å²) < 4.78 is 0.934. The van der Waals surface area contributed by atoms with E-state index in [0.29, 0.717) is 12.4 Å². The molecular formula is C20H19BrN4O2. The quantitative estimate of drug-likeness (QED) is 0.665. The van der Waals surface area contributed by atoms with Crippen LogP contribution in [0.1, 0.15) is 17.5 Å². The number of carbonyl (C=O) groups excluding carboxylic acids is 2. The molecule has 2 aromatic carbocycles. The molecule has 3 aromatic rings. The Balaban J connectivity index is 1.54. The van der Waals surface area contributed by atoms with Gasteiger partial charge in [-0.3, -0.25) is 19.6 Å². The Kier molecular flexibility index (Phi) is 4.47. The van der Waals surface area contributed by atoms with Crippen LogP contribution in [-0.2, 0) is 9.59 Å². The minimum absolute atomic E-state index is 0.0903. The number of amides is 2. The molecule has 27 heavy (non-hydrogen) atoms. The molecule has 0 radical (unpaired) electrons. The molecule has 1 atom stereocenters. The van der Waals surface area contributed by atoms with Crippen molar-refractivity contribution in [2.45, 2.75) is 20.3 Å². The number of anilines is 2. The second-order valence-electron chi connectivity index (χ2n) is 6.95. The summed E-state index contributed by atoms with van der Waals surface area (Å²) in [4.78, 5) is 26.9. The number of aryl methyl sites for hydroxylation is 2. The lowest BCUT2D eigenvalue weighted by Gasteiger charge is -2.15. The molecule has 2 amide bonds. The van der Waals surface area contributed by atoms with Crippen LogP contribution in [0, 0.1) is 19.8 Å². The molecule has 1 aliphatic rings. The van der Waals surface area contributed by atoms with Crippen molar-refractivity contribution in [1.82, 2.24) is 10.2 Å². The number of rotatable bonds is 3. The topological polar surface area (TPSA) is 78.1 Å². The molecule has 1 aromatic heterocycles. The number of carbonyl (C=O) groups is 2. The maximum Gasteiger partial charge on any atom is 0.229 e. The van der Waals surface area contributed by atoms with Gasteiger partial charge in [0.05, 0.1) is 11.4 Å². The molecule has 7 heteroatoms. The molecule has 2 heterocycles. The van der Waals surface area contributed by atoms with E-state index in [1.165, 1.54) is 0 Å². The van der Waals surface area contributed by atoms with E-state index < -0.39 is 5.92 Å². The van der Waals surface area contributed by atoms with E-state index in [4.69, 9.17) is 0 Å². The molecule has 0 saturated carbocycles. The molecule has 1 saturated heterocycles. The number of hydrogen-bond acceptors (Lipinski definition) is 3. The predicted molar refractivity (Wildman–Crippen MR) is 109 cm³/mol. The Morgan fingerprint density at radius 1 is 1.26 bits per heavy atom. The zero-order valence-electron chi connectivity index (χ0n) is 15.0. The molecule has 6 nitrogen and oxygen atoms in total. The molecular weight excluding hydrogens is 408 g/mol. The predicted octanol–water partition coefficient (Wildman–Crippen LogP) is 3.93. The van der Waals surface area contributed by atoms with Crippen molar-refractivity contribution in [1.29, 1.82) is 0 Å². The number of H-pyrrole nitrogens is 1. The lowest BCUT2D eigenvalue weighted by molar-refractivity contribution is -0.122. The average Bonchev–Trinajstić information content (AvgIpc) is 3.21. The van der Waals surface area contributed by atoms with Gasteiger partial charge in [0.15, 0.2) is 5.82 Å². The van der Waals surface area contributed by atoms with E-state index in [2.05, 4.69) is 31.4 Å². The summed E-state index contributed by atoms with van der Waals surface area (Å²) in [7, 11) is 0. The highest BCUT2D eigenvalue weighted by Crippen LogP contribution is 2.31. The highest BCUT2D eigenvalue weighted by atomic mass is 79.9. The second-order valence-corrected chi connectivity index (χ2v) is 7.87. The Morgan fingerprint density at radius 3 is 2.89 bits per heavy atom. The van der Waals surface area contributed by atoms with Crippen LogP contribution in [0.2, 0.25) is 0 Å². The Hall–Kier alpha value is -2.67. The van der Waals surface area contributed by atoms with Gasteiger partial charge in [0.1, 0.15) is 0 Å². The van der Waals surface area contributed by atoms with Crippen LogP contribution in [0.25, 0.3) is 10.9 Å². The first kappa shape index (κ1) is 17.7. The number of halogens is 1. The maximum atomic E-state index is 12.7. The van der Waals surface area contributed by atoms with Crippen LogP contribution in [0.4, 0.5) is 11.5 Å². The first-order valence-electron chi connectivity index (χ1n) is 8.74. The van der Waals surface area contributed by atoms with Gasteiger partial charge in [-0.1, -0.05) is 28.1 Å². The van der Waals surface area contributed by atoms with Crippen molar-refractivity contribution in [2.75, 3.05) is 16.8 Å². The van der Waals surface area contributed by atoms with Gasteiger partial charge in [0.25, 0.3) is 0 Å². The number of nitrogens with one attached hydrogen (secondary N) is 2. The van der Waals surface area contributed by atoms with Gasteiger partial charge >= 0.3 is 0 Å². The number of nitrogens with zero attached hydrogens (tertiary/aromatic N) is 2. The summed E-state index contributed by atoms with van der Waals surface area (Å²) in [5.74, 6) is -0.0567. The fraction of sp³-hybridized carbons (Fsp3) is 0.250. The first-order chi connectivity index (χ1) is 12.9. The van der Waals surface area contributed by atoms with Crippen LogP contribution in [0.5, 0.6) is 0 Å². The minimum atomic E-state index is -0.403. The fourth-order valence-electron chi connectivity index (χ4n) is 3.38.